The normalized spacial score (nSPS) is 16.2. The summed E-state index contributed by atoms with van der Waals surface area (Å²) in [6, 6.07) is 0.820. The van der Waals surface area contributed by atoms with E-state index < -0.39 is 11.7 Å². The number of guanidine groups is 1. The average molecular weight is 491 g/mol. The number of nitrogens with two attached hydrogens (primary N) is 1. The number of morpholine rings is 1. The predicted molar refractivity (Wildman–Crippen MR) is 96.1 cm³/mol. The highest BCUT2D eigenvalue weighted by molar-refractivity contribution is 14.0. The average Bonchev–Trinajstić information content (AvgIpc) is 2.96. The SMILES string of the molecule is I.NC(=NCc1nnc2c(Cl)cc(C(F)(F)F)cn12)N1CCOCC1. The van der Waals surface area contributed by atoms with Crippen LogP contribution >= 0.6 is 35.6 Å². The van der Waals surface area contributed by atoms with Gasteiger partial charge in [-0.1, -0.05) is 11.6 Å². The maximum absolute atomic E-state index is 12.9. The summed E-state index contributed by atoms with van der Waals surface area (Å²) in [5.74, 6) is 0.502. The lowest BCUT2D eigenvalue weighted by Gasteiger charge is -2.27. The topological polar surface area (TPSA) is 81.0 Å². The van der Waals surface area contributed by atoms with E-state index in [0.717, 1.165) is 12.3 Å². The minimum Gasteiger partial charge on any atom is -0.378 e. The van der Waals surface area contributed by atoms with Crippen LogP contribution in [0.2, 0.25) is 5.02 Å². The number of alkyl halides is 3. The maximum Gasteiger partial charge on any atom is 0.417 e. The molecule has 0 amide bonds. The lowest BCUT2D eigenvalue weighted by Crippen LogP contribution is -2.44. The number of hydrogen-bond donors (Lipinski definition) is 1. The van der Waals surface area contributed by atoms with Gasteiger partial charge in [0.05, 0.1) is 23.8 Å². The quantitative estimate of drug-likeness (QED) is 0.397. The fourth-order valence-electron chi connectivity index (χ4n) is 2.31. The summed E-state index contributed by atoms with van der Waals surface area (Å²) in [4.78, 5) is 6.01. The highest BCUT2D eigenvalue weighted by Crippen LogP contribution is 2.32. The van der Waals surface area contributed by atoms with Crippen LogP contribution in [0.25, 0.3) is 5.65 Å². The Balaban J connectivity index is 0.00000225. The van der Waals surface area contributed by atoms with Crippen molar-refractivity contribution >= 4 is 47.2 Å². The summed E-state index contributed by atoms with van der Waals surface area (Å²) in [7, 11) is 0. The third-order valence-electron chi connectivity index (χ3n) is 3.58. The van der Waals surface area contributed by atoms with Crippen molar-refractivity contribution in [2.45, 2.75) is 12.7 Å². The first-order valence-electron chi connectivity index (χ1n) is 7.09. The van der Waals surface area contributed by atoms with E-state index in [9.17, 15) is 13.2 Å². The monoisotopic (exact) mass is 490 g/mol. The van der Waals surface area contributed by atoms with Gasteiger partial charge in [0.1, 0.15) is 6.54 Å². The van der Waals surface area contributed by atoms with Crippen molar-refractivity contribution in [2.75, 3.05) is 26.3 Å². The molecule has 138 valence electrons. The molecule has 3 heterocycles. The molecule has 1 saturated heterocycles. The molecule has 25 heavy (non-hydrogen) atoms. The second kappa shape index (κ2) is 7.91. The van der Waals surface area contributed by atoms with Crippen molar-refractivity contribution in [1.82, 2.24) is 19.5 Å². The number of halogens is 5. The zero-order valence-electron chi connectivity index (χ0n) is 12.8. The molecule has 2 N–H and O–H groups in total. The molecule has 1 fully saturated rings. The van der Waals surface area contributed by atoms with Gasteiger partial charge in [-0.25, -0.2) is 4.99 Å². The van der Waals surface area contributed by atoms with Gasteiger partial charge in [-0.05, 0) is 6.07 Å². The Kier molecular flexibility index (Phi) is 6.32. The smallest absolute Gasteiger partial charge is 0.378 e. The molecule has 7 nitrogen and oxygen atoms in total. The summed E-state index contributed by atoms with van der Waals surface area (Å²) < 4.78 is 45.1. The van der Waals surface area contributed by atoms with Gasteiger partial charge in [-0.3, -0.25) is 4.40 Å². The number of aromatic nitrogens is 3. The fourth-order valence-corrected chi connectivity index (χ4v) is 2.55. The molecule has 0 unspecified atom stereocenters. The Bertz CT molecular complexity index is 775. The van der Waals surface area contributed by atoms with Gasteiger partial charge in [0, 0.05) is 19.3 Å². The zero-order chi connectivity index (χ0) is 17.3. The second-order valence-electron chi connectivity index (χ2n) is 5.16. The van der Waals surface area contributed by atoms with E-state index in [1.165, 1.54) is 4.40 Å². The predicted octanol–water partition coefficient (Wildman–Crippen LogP) is 2.17. The summed E-state index contributed by atoms with van der Waals surface area (Å²) in [6.45, 7) is 2.31. The highest BCUT2D eigenvalue weighted by atomic mass is 127. The number of pyridine rings is 1. The minimum absolute atomic E-state index is 0. The Morgan fingerprint density at radius 3 is 2.64 bits per heavy atom. The molecule has 3 rings (SSSR count). The van der Waals surface area contributed by atoms with Crippen molar-refractivity contribution in [3.8, 4) is 0 Å². The number of rotatable bonds is 2. The van der Waals surface area contributed by atoms with Crippen molar-refractivity contribution in [1.29, 1.82) is 0 Å². The molecule has 0 saturated carbocycles. The molecule has 0 spiro atoms. The minimum atomic E-state index is -4.52. The Morgan fingerprint density at radius 2 is 2.00 bits per heavy atom. The summed E-state index contributed by atoms with van der Waals surface area (Å²) in [5, 5.41) is 7.52. The van der Waals surface area contributed by atoms with Gasteiger partial charge in [-0.15, -0.1) is 34.2 Å². The van der Waals surface area contributed by atoms with E-state index in [0.29, 0.717) is 26.3 Å². The first-order valence-corrected chi connectivity index (χ1v) is 7.47. The van der Waals surface area contributed by atoms with Crippen LogP contribution in [0.15, 0.2) is 17.3 Å². The molecule has 0 atom stereocenters. The van der Waals surface area contributed by atoms with Crippen LogP contribution < -0.4 is 5.73 Å². The van der Waals surface area contributed by atoms with Gasteiger partial charge in [-0.2, -0.15) is 13.2 Å². The van der Waals surface area contributed by atoms with Gasteiger partial charge >= 0.3 is 6.18 Å². The second-order valence-corrected chi connectivity index (χ2v) is 5.57. The number of aliphatic imine (C=N–C) groups is 1. The number of ether oxygens (including phenoxy) is 1. The third-order valence-corrected chi connectivity index (χ3v) is 3.85. The molecule has 0 radical (unpaired) electrons. The van der Waals surface area contributed by atoms with Gasteiger partial charge in [0.15, 0.2) is 17.4 Å². The molecule has 12 heteroatoms. The van der Waals surface area contributed by atoms with Crippen LogP contribution in [-0.4, -0.2) is 51.8 Å². The van der Waals surface area contributed by atoms with Gasteiger partial charge < -0.3 is 15.4 Å². The van der Waals surface area contributed by atoms with Crippen molar-refractivity contribution in [2.24, 2.45) is 10.7 Å². The van der Waals surface area contributed by atoms with Crippen LogP contribution in [0, 0.1) is 0 Å². The molecular formula is C13H15ClF3IN6O. The van der Waals surface area contributed by atoms with Gasteiger partial charge in [0.2, 0.25) is 0 Å². The molecule has 1 aliphatic rings. The number of nitrogens with zero attached hydrogens (tertiary/aromatic N) is 5. The summed E-state index contributed by atoms with van der Waals surface area (Å²) in [5.41, 5.74) is 5.15. The molecule has 1 aliphatic heterocycles. The maximum atomic E-state index is 12.9. The van der Waals surface area contributed by atoms with Crippen LogP contribution in [0.3, 0.4) is 0 Å². The van der Waals surface area contributed by atoms with E-state index in [4.69, 9.17) is 22.1 Å². The Labute approximate surface area is 163 Å². The third kappa shape index (κ3) is 4.44. The van der Waals surface area contributed by atoms with Crippen molar-refractivity contribution in [3.63, 3.8) is 0 Å². The van der Waals surface area contributed by atoms with Gasteiger partial charge in [0.25, 0.3) is 0 Å². The Hall–Kier alpha value is -1.34. The van der Waals surface area contributed by atoms with Crippen LogP contribution in [0.4, 0.5) is 13.2 Å². The lowest BCUT2D eigenvalue weighted by atomic mass is 10.3. The fraction of sp³-hybridized carbons (Fsp3) is 0.462. The zero-order valence-corrected chi connectivity index (χ0v) is 15.9. The van der Waals surface area contributed by atoms with Crippen LogP contribution in [-0.2, 0) is 17.5 Å². The van der Waals surface area contributed by atoms with E-state index >= 15 is 0 Å². The molecule has 0 aliphatic carbocycles. The molecule has 2 aromatic rings. The summed E-state index contributed by atoms with van der Waals surface area (Å²) in [6.07, 6.45) is -3.62. The number of hydrogen-bond acceptors (Lipinski definition) is 4. The number of fused-ring (bicyclic) bond motifs is 1. The van der Waals surface area contributed by atoms with E-state index in [-0.39, 0.29) is 53.0 Å². The highest BCUT2D eigenvalue weighted by Gasteiger charge is 2.32. The Morgan fingerprint density at radius 1 is 1.32 bits per heavy atom. The summed E-state index contributed by atoms with van der Waals surface area (Å²) >= 11 is 5.86. The van der Waals surface area contributed by atoms with E-state index in [1.54, 1.807) is 0 Å². The van der Waals surface area contributed by atoms with E-state index in [1.807, 2.05) is 4.90 Å². The standard InChI is InChI=1S/C13H14ClF3N6O.HI/c14-9-5-8(13(15,16)17)7-23-10(20-21-11(9)23)6-19-12(18)22-1-3-24-4-2-22;/h5,7H,1-4,6H2,(H2,18,19);1H. The van der Waals surface area contributed by atoms with Crippen molar-refractivity contribution < 1.29 is 17.9 Å². The first-order chi connectivity index (χ1) is 11.4. The van der Waals surface area contributed by atoms with Crippen LogP contribution in [0.1, 0.15) is 11.4 Å². The largest absolute Gasteiger partial charge is 0.417 e. The first kappa shape index (κ1) is 20.0. The molecule has 2 aromatic heterocycles. The molecule has 0 bridgehead atoms. The van der Waals surface area contributed by atoms with E-state index in [2.05, 4.69) is 15.2 Å². The lowest BCUT2D eigenvalue weighted by molar-refractivity contribution is -0.137. The van der Waals surface area contributed by atoms with Crippen LogP contribution in [0.5, 0.6) is 0 Å². The van der Waals surface area contributed by atoms with Crippen molar-refractivity contribution in [3.05, 3.63) is 28.7 Å². The molecular weight excluding hydrogens is 476 g/mol. The molecule has 0 aromatic carbocycles.